The Hall–Kier alpha value is -1.00. The zero-order valence-electron chi connectivity index (χ0n) is 9.12. The van der Waals surface area contributed by atoms with Gasteiger partial charge in [0.25, 0.3) is 0 Å². The summed E-state index contributed by atoms with van der Waals surface area (Å²) < 4.78 is 0. The van der Waals surface area contributed by atoms with Gasteiger partial charge in [-0.3, -0.25) is 0 Å². The first-order chi connectivity index (χ1) is 8.52. The first kappa shape index (κ1) is 13.4. The normalized spacial score (nSPS) is 10.7. The zero-order valence-corrected chi connectivity index (χ0v) is 11.4. The van der Waals surface area contributed by atoms with E-state index in [1.807, 2.05) is 0 Å². The Labute approximate surface area is 119 Å². The molecule has 0 radical (unpaired) electrons. The zero-order chi connectivity index (χ0) is 13.3. The molecule has 0 unspecified atom stereocenters. The van der Waals surface area contributed by atoms with Gasteiger partial charge in [0.2, 0.25) is 0 Å². The Balaban J connectivity index is 2.55. The molecule has 6 heteroatoms. The number of benzene rings is 1. The highest BCUT2D eigenvalue weighted by Gasteiger charge is 2.10. The summed E-state index contributed by atoms with van der Waals surface area (Å²) in [6.07, 6.45) is 0. The molecule has 1 heterocycles. The summed E-state index contributed by atoms with van der Waals surface area (Å²) in [5.41, 5.74) is 7.85. The number of aliphatic hydroxyl groups is 1. The number of nitrogens with zero attached hydrogens (tertiary/aromatic N) is 1. The summed E-state index contributed by atoms with van der Waals surface area (Å²) in [6, 6.07) is 6.72. The van der Waals surface area contributed by atoms with Gasteiger partial charge in [0.1, 0.15) is 0 Å². The number of rotatable bonds is 2. The van der Waals surface area contributed by atoms with Crippen LogP contribution in [0.1, 0.15) is 5.69 Å². The lowest BCUT2D eigenvalue weighted by atomic mass is 10.1. The molecule has 1 aromatic heterocycles. The molecule has 0 saturated carbocycles. The van der Waals surface area contributed by atoms with Gasteiger partial charge in [-0.25, -0.2) is 4.98 Å². The number of hydrogen-bond donors (Lipinski definition) is 2. The van der Waals surface area contributed by atoms with E-state index in [1.165, 1.54) is 0 Å². The summed E-state index contributed by atoms with van der Waals surface area (Å²) in [4.78, 5) is 4.24. The maximum Gasteiger partial charge on any atom is 0.0894 e. The summed E-state index contributed by atoms with van der Waals surface area (Å²) in [7, 11) is 0. The molecular formula is C12H9Cl3N2O. The molecule has 1 aromatic carbocycles. The fourth-order valence-corrected chi connectivity index (χ4v) is 2.10. The fraction of sp³-hybridized carbons (Fsp3) is 0.0833. The standard InChI is InChI=1S/C12H9Cl3N2O/c13-7-3-6(4-8(14)12(7)15)10-2-1-9(16)11(5-18)17-10/h1-4,18H,5,16H2. The van der Waals surface area contributed by atoms with Crippen molar-refractivity contribution in [2.75, 3.05) is 5.73 Å². The molecule has 0 atom stereocenters. The van der Waals surface area contributed by atoms with Gasteiger partial charge >= 0.3 is 0 Å². The van der Waals surface area contributed by atoms with Crippen LogP contribution in [0, 0.1) is 0 Å². The quantitative estimate of drug-likeness (QED) is 0.830. The van der Waals surface area contributed by atoms with Gasteiger partial charge in [-0.05, 0) is 24.3 Å². The van der Waals surface area contributed by atoms with Crippen LogP contribution >= 0.6 is 34.8 Å². The Morgan fingerprint density at radius 1 is 1.11 bits per heavy atom. The molecule has 0 bridgehead atoms. The largest absolute Gasteiger partial charge is 0.397 e. The average molecular weight is 304 g/mol. The van der Waals surface area contributed by atoms with Crippen LogP contribution in [0.5, 0.6) is 0 Å². The predicted molar refractivity (Wildman–Crippen MR) is 75.0 cm³/mol. The van der Waals surface area contributed by atoms with Crippen LogP contribution in [-0.2, 0) is 6.61 Å². The third-order valence-electron chi connectivity index (χ3n) is 2.44. The number of anilines is 1. The lowest BCUT2D eigenvalue weighted by Crippen LogP contribution is -1.99. The van der Waals surface area contributed by atoms with Crippen molar-refractivity contribution in [3.63, 3.8) is 0 Å². The van der Waals surface area contributed by atoms with Gasteiger partial charge in [0.05, 0.1) is 38.8 Å². The summed E-state index contributed by atoms with van der Waals surface area (Å²) in [6.45, 7) is -0.227. The lowest BCUT2D eigenvalue weighted by Gasteiger charge is -2.08. The average Bonchev–Trinajstić information content (AvgIpc) is 2.36. The molecule has 2 rings (SSSR count). The molecule has 18 heavy (non-hydrogen) atoms. The van der Waals surface area contributed by atoms with Crippen LogP contribution in [0.4, 0.5) is 5.69 Å². The van der Waals surface area contributed by atoms with Crippen LogP contribution in [0.3, 0.4) is 0 Å². The number of nitrogens with two attached hydrogens (primary N) is 1. The molecule has 0 spiro atoms. The van der Waals surface area contributed by atoms with Crippen molar-refractivity contribution >= 4 is 40.5 Å². The number of hydrogen-bond acceptors (Lipinski definition) is 3. The first-order valence-electron chi connectivity index (χ1n) is 5.04. The van der Waals surface area contributed by atoms with Crippen molar-refractivity contribution in [1.29, 1.82) is 0 Å². The molecule has 0 aliphatic rings. The monoisotopic (exact) mass is 302 g/mol. The number of aliphatic hydroxyl groups excluding tert-OH is 1. The molecule has 3 nitrogen and oxygen atoms in total. The highest BCUT2D eigenvalue weighted by Crippen LogP contribution is 2.34. The van der Waals surface area contributed by atoms with E-state index in [2.05, 4.69) is 4.98 Å². The van der Waals surface area contributed by atoms with E-state index in [-0.39, 0.29) is 6.61 Å². The third-order valence-corrected chi connectivity index (χ3v) is 3.64. The van der Waals surface area contributed by atoms with Crippen LogP contribution in [0.2, 0.25) is 15.1 Å². The molecule has 2 aromatic rings. The van der Waals surface area contributed by atoms with Crippen LogP contribution < -0.4 is 5.73 Å². The molecule has 0 saturated heterocycles. The van der Waals surface area contributed by atoms with E-state index in [1.54, 1.807) is 24.3 Å². The van der Waals surface area contributed by atoms with Gasteiger partial charge in [0.15, 0.2) is 0 Å². The van der Waals surface area contributed by atoms with Gasteiger partial charge in [-0.15, -0.1) is 0 Å². The number of halogens is 3. The van der Waals surface area contributed by atoms with Crippen LogP contribution in [-0.4, -0.2) is 10.1 Å². The Morgan fingerprint density at radius 3 is 2.28 bits per heavy atom. The highest BCUT2D eigenvalue weighted by atomic mass is 35.5. The SMILES string of the molecule is Nc1ccc(-c2cc(Cl)c(Cl)c(Cl)c2)nc1CO. The second-order valence-corrected chi connectivity index (χ2v) is 4.84. The molecule has 3 N–H and O–H groups in total. The van der Waals surface area contributed by atoms with Crippen LogP contribution in [0.25, 0.3) is 11.3 Å². The van der Waals surface area contributed by atoms with Gasteiger partial charge < -0.3 is 10.8 Å². The molecule has 0 aliphatic heterocycles. The van der Waals surface area contributed by atoms with E-state index in [0.717, 1.165) is 0 Å². The topological polar surface area (TPSA) is 59.1 Å². The van der Waals surface area contributed by atoms with Gasteiger partial charge in [-0.2, -0.15) is 0 Å². The molecule has 0 aliphatic carbocycles. The molecule has 0 fully saturated rings. The van der Waals surface area contributed by atoms with E-state index in [4.69, 9.17) is 45.6 Å². The van der Waals surface area contributed by atoms with Crippen molar-refractivity contribution in [3.05, 3.63) is 45.0 Å². The smallest absolute Gasteiger partial charge is 0.0894 e. The number of aromatic nitrogens is 1. The minimum absolute atomic E-state index is 0.227. The first-order valence-corrected chi connectivity index (χ1v) is 6.17. The second kappa shape index (κ2) is 5.33. The summed E-state index contributed by atoms with van der Waals surface area (Å²) in [5.74, 6) is 0. The van der Waals surface area contributed by atoms with Gasteiger partial charge in [0, 0.05) is 5.56 Å². The Morgan fingerprint density at radius 2 is 1.72 bits per heavy atom. The highest BCUT2D eigenvalue weighted by molar-refractivity contribution is 6.48. The predicted octanol–water partition coefficient (Wildman–Crippen LogP) is 3.78. The van der Waals surface area contributed by atoms with E-state index in [9.17, 15) is 0 Å². The second-order valence-electron chi connectivity index (χ2n) is 3.64. The summed E-state index contributed by atoms with van der Waals surface area (Å²) in [5, 5.41) is 10.1. The third kappa shape index (κ3) is 2.54. The Kier molecular flexibility index (Phi) is 3.97. The number of pyridine rings is 1. The van der Waals surface area contributed by atoms with E-state index in [0.29, 0.717) is 37.7 Å². The van der Waals surface area contributed by atoms with Crippen molar-refractivity contribution in [2.45, 2.75) is 6.61 Å². The summed E-state index contributed by atoms with van der Waals surface area (Å²) >= 11 is 17.8. The van der Waals surface area contributed by atoms with E-state index >= 15 is 0 Å². The minimum atomic E-state index is -0.227. The van der Waals surface area contributed by atoms with Crippen LogP contribution in [0.15, 0.2) is 24.3 Å². The number of nitrogen functional groups attached to an aromatic ring is 1. The maximum atomic E-state index is 9.13. The molecule has 94 valence electrons. The van der Waals surface area contributed by atoms with E-state index < -0.39 is 0 Å². The maximum absolute atomic E-state index is 9.13. The lowest BCUT2D eigenvalue weighted by molar-refractivity contribution is 0.278. The minimum Gasteiger partial charge on any atom is -0.397 e. The van der Waals surface area contributed by atoms with Gasteiger partial charge in [-0.1, -0.05) is 34.8 Å². The molecule has 0 amide bonds. The van der Waals surface area contributed by atoms with Crippen molar-refractivity contribution in [1.82, 2.24) is 4.98 Å². The van der Waals surface area contributed by atoms with Crippen molar-refractivity contribution in [2.24, 2.45) is 0 Å². The van der Waals surface area contributed by atoms with Crippen molar-refractivity contribution < 1.29 is 5.11 Å². The van der Waals surface area contributed by atoms with Crippen molar-refractivity contribution in [3.8, 4) is 11.3 Å². The Bertz CT molecular complexity index is 579. The fourth-order valence-electron chi connectivity index (χ4n) is 1.50. The molecular weight excluding hydrogens is 295 g/mol.